The summed E-state index contributed by atoms with van der Waals surface area (Å²) in [6.07, 6.45) is 1.87. The second-order valence-corrected chi connectivity index (χ2v) is 6.77. The minimum absolute atomic E-state index is 0.344. The largest absolute Gasteiger partial charge is 0.378 e. The molecule has 1 amide bonds. The molecule has 0 saturated heterocycles. The monoisotopic (exact) mass is 414 g/mol. The van der Waals surface area contributed by atoms with Gasteiger partial charge in [0.15, 0.2) is 6.10 Å². The fourth-order valence-electron chi connectivity index (χ4n) is 3.04. The van der Waals surface area contributed by atoms with Gasteiger partial charge in [0.1, 0.15) is 11.5 Å². The predicted molar refractivity (Wildman–Crippen MR) is 116 cm³/mol. The van der Waals surface area contributed by atoms with Crippen molar-refractivity contribution in [2.24, 2.45) is 5.10 Å². The fraction of sp³-hybridized carbons (Fsp3) is 0.0417. The van der Waals surface area contributed by atoms with E-state index in [4.69, 9.17) is 0 Å². The van der Waals surface area contributed by atoms with Crippen LogP contribution in [0.2, 0.25) is 0 Å². The number of para-hydroxylation sites is 1. The van der Waals surface area contributed by atoms with E-state index >= 15 is 0 Å². The third-order valence-corrected chi connectivity index (χ3v) is 4.62. The Balaban J connectivity index is 1.59. The number of benzene rings is 3. The summed E-state index contributed by atoms with van der Waals surface area (Å²) in [4.78, 5) is 12.2. The maximum absolute atomic E-state index is 13.4. The first-order valence-electron chi connectivity index (χ1n) is 9.59. The number of hydrogen-bond donors (Lipinski definition) is 2. The van der Waals surface area contributed by atoms with Gasteiger partial charge in [0, 0.05) is 17.3 Å². The third kappa shape index (κ3) is 4.73. The number of hydrogen-bond acceptors (Lipinski definition) is 4. The van der Waals surface area contributed by atoms with Crippen molar-refractivity contribution in [3.05, 3.63) is 108 Å². The second-order valence-electron chi connectivity index (χ2n) is 6.77. The van der Waals surface area contributed by atoms with Gasteiger partial charge in [-0.1, -0.05) is 48.5 Å². The van der Waals surface area contributed by atoms with Crippen molar-refractivity contribution in [3.8, 4) is 16.9 Å². The second kappa shape index (κ2) is 9.15. The van der Waals surface area contributed by atoms with E-state index in [0.29, 0.717) is 22.4 Å². The van der Waals surface area contributed by atoms with E-state index in [1.807, 2.05) is 30.3 Å². The van der Waals surface area contributed by atoms with Gasteiger partial charge >= 0.3 is 0 Å². The van der Waals surface area contributed by atoms with Gasteiger partial charge in [-0.3, -0.25) is 4.79 Å². The molecule has 31 heavy (non-hydrogen) atoms. The molecule has 1 aromatic heterocycles. The molecule has 1 atom stereocenters. The Bertz CT molecular complexity index is 1190. The van der Waals surface area contributed by atoms with E-state index in [0.717, 1.165) is 5.69 Å². The van der Waals surface area contributed by atoms with Crippen molar-refractivity contribution in [2.45, 2.75) is 6.10 Å². The van der Waals surface area contributed by atoms with Crippen molar-refractivity contribution in [2.75, 3.05) is 0 Å². The molecule has 0 bridgehead atoms. The van der Waals surface area contributed by atoms with Crippen LogP contribution in [0.15, 0.2) is 96.2 Å². The number of rotatable bonds is 6. The molecular formula is C24H19FN4O2. The van der Waals surface area contributed by atoms with E-state index in [2.05, 4.69) is 15.6 Å². The van der Waals surface area contributed by atoms with Crippen LogP contribution < -0.4 is 5.43 Å². The van der Waals surface area contributed by atoms with Crippen LogP contribution in [0.5, 0.6) is 0 Å². The maximum atomic E-state index is 13.4. The quantitative estimate of drug-likeness (QED) is 0.371. The van der Waals surface area contributed by atoms with Crippen LogP contribution in [0.1, 0.15) is 17.2 Å². The summed E-state index contributed by atoms with van der Waals surface area (Å²) in [5.41, 5.74) is 5.56. The molecule has 0 fully saturated rings. The maximum Gasteiger partial charge on any atom is 0.273 e. The number of halogens is 1. The molecule has 1 heterocycles. The minimum atomic E-state index is -1.33. The lowest BCUT2D eigenvalue weighted by molar-refractivity contribution is -0.129. The molecule has 3 aromatic carbocycles. The van der Waals surface area contributed by atoms with Gasteiger partial charge in [-0.15, -0.1) is 0 Å². The van der Waals surface area contributed by atoms with Crippen molar-refractivity contribution in [1.82, 2.24) is 15.2 Å². The Labute approximate surface area is 178 Å². The zero-order valence-corrected chi connectivity index (χ0v) is 16.4. The highest BCUT2D eigenvalue weighted by Crippen LogP contribution is 2.23. The molecular weight excluding hydrogens is 395 g/mol. The van der Waals surface area contributed by atoms with E-state index in [1.54, 1.807) is 53.3 Å². The highest BCUT2D eigenvalue weighted by molar-refractivity contribution is 5.90. The van der Waals surface area contributed by atoms with Gasteiger partial charge in [-0.05, 0) is 42.0 Å². The molecule has 6 nitrogen and oxygen atoms in total. The summed E-state index contributed by atoms with van der Waals surface area (Å²) in [6, 6.07) is 24.1. The molecule has 0 aliphatic carbocycles. The molecule has 4 rings (SSSR count). The van der Waals surface area contributed by atoms with E-state index in [9.17, 15) is 14.3 Å². The number of nitrogens with one attached hydrogen (secondary N) is 1. The number of carbonyl (C=O) groups excluding carboxylic acids is 1. The lowest BCUT2D eigenvalue weighted by Gasteiger charge is -2.08. The molecule has 2 N–H and O–H groups in total. The Morgan fingerprint density at radius 3 is 2.32 bits per heavy atom. The van der Waals surface area contributed by atoms with Crippen LogP contribution in [0.4, 0.5) is 4.39 Å². The summed E-state index contributed by atoms with van der Waals surface area (Å²) < 4.78 is 15.0. The number of aliphatic hydroxyl groups is 1. The summed E-state index contributed by atoms with van der Waals surface area (Å²) in [7, 11) is 0. The van der Waals surface area contributed by atoms with Gasteiger partial charge in [-0.25, -0.2) is 14.5 Å². The van der Waals surface area contributed by atoms with Crippen molar-refractivity contribution in [1.29, 1.82) is 0 Å². The lowest BCUT2D eigenvalue weighted by Crippen LogP contribution is -2.25. The van der Waals surface area contributed by atoms with Crippen molar-refractivity contribution >= 4 is 12.1 Å². The molecule has 0 spiro atoms. The molecule has 0 saturated carbocycles. The molecule has 0 aliphatic rings. The minimum Gasteiger partial charge on any atom is -0.378 e. The van der Waals surface area contributed by atoms with E-state index in [1.165, 1.54) is 18.3 Å². The molecule has 0 aliphatic heterocycles. The Hall–Kier alpha value is -4.10. The Kier molecular flexibility index (Phi) is 5.96. The van der Waals surface area contributed by atoms with Gasteiger partial charge in [0.05, 0.1) is 11.9 Å². The number of aromatic nitrogens is 2. The van der Waals surface area contributed by atoms with E-state index in [-0.39, 0.29) is 5.82 Å². The molecule has 0 unspecified atom stereocenters. The highest BCUT2D eigenvalue weighted by Gasteiger charge is 2.16. The van der Waals surface area contributed by atoms with Crippen LogP contribution >= 0.6 is 0 Å². The number of aliphatic hydroxyl groups excluding tert-OH is 1. The summed E-state index contributed by atoms with van der Waals surface area (Å²) >= 11 is 0. The topological polar surface area (TPSA) is 79.5 Å². The first kappa shape index (κ1) is 20.2. The highest BCUT2D eigenvalue weighted by atomic mass is 19.1. The number of hydrazone groups is 1. The van der Waals surface area contributed by atoms with Gasteiger partial charge in [0.2, 0.25) is 0 Å². The standard InChI is InChI=1S/C24H19FN4O2/c25-20-13-11-17(12-14-20)22-19(16-29(28-22)21-9-5-2-6-10-21)15-26-27-24(31)23(30)18-7-3-1-4-8-18/h1-16,23,30H,(H,27,31)/b26-15-/t23-/m0/s1. The van der Waals surface area contributed by atoms with Crippen LogP contribution in [-0.2, 0) is 4.79 Å². The SMILES string of the molecule is O=C(N/N=C\c1cn(-c2ccccc2)nc1-c1ccc(F)cc1)[C@@H](O)c1ccccc1. The van der Waals surface area contributed by atoms with Crippen LogP contribution in [0, 0.1) is 5.82 Å². The molecule has 0 radical (unpaired) electrons. The predicted octanol–water partition coefficient (Wildman–Crippen LogP) is 3.86. The number of carbonyl (C=O) groups is 1. The summed E-state index contributed by atoms with van der Waals surface area (Å²) in [5, 5.41) is 18.7. The first-order valence-corrected chi connectivity index (χ1v) is 9.59. The van der Waals surface area contributed by atoms with Crippen LogP contribution in [0.25, 0.3) is 16.9 Å². The third-order valence-electron chi connectivity index (χ3n) is 4.62. The van der Waals surface area contributed by atoms with Gasteiger partial charge < -0.3 is 5.11 Å². The zero-order chi connectivity index (χ0) is 21.6. The normalized spacial score (nSPS) is 12.1. The zero-order valence-electron chi connectivity index (χ0n) is 16.4. The average Bonchev–Trinajstić information content (AvgIpc) is 3.24. The summed E-state index contributed by atoms with van der Waals surface area (Å²) in [6.45, 7) is 0. The van der Waals surface area contributed by atoms with Gasteiger partial charge in [-0.2, -0.15) is 10.2 Å². The van der Waals surface area contributed by atoms with Crippen LogP contribution in [-0.4, -0.2) is 27.0 Å². The van der Waals surface area contributed by atoms with Crippen molar-refractivity contribution < 1.29 is 14.3 Å². The first-order chi connectivity index (χ1) is 15.1. The number of amides is 1. The Morgan fingerprint density at radius 1 is 1.00 bits per heavy atom. The van der Waals surface area contributed by atoms with Crippen molar-refractivity contribution in [3.63, 3.8) is 0 Å². The van der Waals surface area contributed by atoms with E-state index < -0.39 is 12.0 Å². The lowest BCUT2D eigenvalue weighted by atomic mass is 10.1. The van der Waals surface area contributed by atoms with Crippen LogP contribution in [0.3, 0.4) is 0 Å². The molecule has 4 aromatic rings. The Morgan fingerprint density at radius 2 is 1.65 bits per heavy atom. The smallest absolute Gasteiger partial charge is 0.273 e. The summed E-state index contributed by atoms with van der Waals surface area (Å²) in [5.74, 6) is -0.996. The number of nitrogens with zero attached hydrogens (tertiary/aromatic N) is 3. The molecule has 154 valence electrons. The fourth-order valence-corrected chi connectivity index (χ4v) is 3.04. The molecule has 7 heteroatoms. The average molecular weight is 414 g/mol. The van der Waals surface area contributed by atoms with Gasteiger partial charge in [0.25, 0.3) is 5.91 Å².